The molecule has 0 aliphatic rings. The summed E-state index contributed by atoms with van der Waals surface area (Å²) in [7, 11) is 0. The Balaban J connectivity index is 2.73. The minimum Gasteiger partial charge on any atom is -0.487 e. The van der Waals surface area contributed by atoms with E-state index in [2.05, 4.69) is 0 Å². The lowest BCUT2D eigenvalue weighted by Crippen LogP contribution is -2.12. The van der Waals surface area contributed by atoms with Gasteiger partial charge in [-0.15, -0.1) is 0 Å². The van der Waals surface area contributed by atoms with Gasteiger partial charge >= 0.3 is 0 Å². The van der Waals surface area contributed by atoms with Gasteiger partial charge in [0.05, 0.1) is 50.8 Å². The number of ether oxygens (including phenoxy) is 4. The number of hydrogen-bond acceptors (Lipinski definition) is 8. The Hall–Kier alpha value is -2.36. The van der Waals surface area contributed by atoms with E-state index in [4.69, 9.17) is 39.7 Å². The van der Waals surface area contributed by atoms with Gasteiger partial charge in [0.2, 0.25) is 0 Å². The summed E-state index contributed by atoms with van der Waals surface area (Å²) in [6, 6.07) is 6.75. The second-order valence-corrected chi connectivity index (χ2v) is 4.44. The van der Waals surface area contributed by atoms with E-state index in [1.165, 1.54) is 12.1 Å². The first kappa shape index (κ1) is 19.7. The van der Waals surface area contributed by atoms with Gasteiger partial charge in [0.15, 0.2) is 11.5 Å². The Kier molecular flexibility index (Phi) is 9.93. The van der Waals surface area contributed by atoms with Crippen LogP contribution in [0.1, 0.15) is 11.1 Å². The summed E-state index contributed by atoms with van der Waals surface area (Å²) >= 11 is 0. The Morgan fingerprint density at radius 3 is 1.46 bits per heavy atom. The molecular weight excluding hydrogens is 316 g/mol. The van der Waals surface area contributed by atoms with Gasteiger partial charge in [-0.2, -0.15) is 10.5 Å². The molecule has 2 N–H and O–H groups in total. The maximum absolute atomic E-state index is 9.09. The van der Waals surface area contributed by atoms with Crippen molar-refractivity contribution in [1.29, 1.82) is 10.5 Å². The third-order valence-corrected chi connectivity index (χ3v) is 2.77. The highest BCUT2D eigenvalue weighted by Gasteiger charge is 2.12. The Labute approximate surface area is 140 Å². The van der Waals surface area contributed by atoms with E-state index in [0.717, 1.165) is 0 Å². The van der Waals surface area contributed by atoms with Crippen molar-refractivity contribution in [1.82, 2.24) is 0 Å². The van der Waals surface area contributed by atoms with Crippen LogP contribution in [0.3, 0.4) is 0 Å². The fraction of sp³-hybridized carbons (Fsp3) is 0.500. The van der Waals surface area contributed by atoms with Crippen LogP contribution in [0.25, 0.3) is 0 Å². The molecule has 0 heterocycles. The third-order valence-electron chi connectivity index (χ3n) is 2.77. The first-order chi connectivity index (χ1) is 11.8. The molecule has 24 heavy (non-hydrogen) atoms. The van der Waals surface area contributed by atoms with Crippen molar-refractivity contribution in [3.8, 4) is 23.6 Å². The number of aliphatic hydroxyl groups excluding tert-OH is 2. The minimum atomic E-state index is -0.0718. The predicted molar refractivity (Wildman–Crippen MR) is 82.7 cm³/mol. The second kappa shape index (κ2) is 12.1. The molecule has 0 aliphatic heterocycles. The largest absolute Gasteiger partial charge is 0.487 e. The van der Waals surface area contributed by atoms with Crippen molar-refractivity contribution in [3.63, 3.8) is 0 Å². The molecule has 0 spiro atoms. The third kappa shape index (κ3) is 6.82. The summed E-state index contributed by atoms with van der Waals surface area (Å²) in [5.74, 6) is 0.639. The quantitative estimate of drug-likeness (QED) is 0.519. The van der Waals surface area contributed by atoms with Gasteiger partial charge in [-0.1, -0.05) is 0 Å². The van der Waals surface area contributed by atoms with Crippen LogP contribution in [0, 0.1) is 22.7 Å². The van der Waals surface area contributed by atoms with Crippen LogP contribution < -0.4 is 9.47 Å². The molecular formula is C16H20N2O6. The van der Waals surface area contributed by atoms with Crippen LogP contribution in [-0.4, -0.2) is 63.1 Å². The van der Waals surface area contributed by atoms with Crippen LogP contribution in [0.15, 0.2) is 12.1 Å². The summed E-state index contributed by atoms with van der Waals surface area (Å²) in [4.78, 5) is 0. The summed E-state index contributed by atoms with van der Waals surface area (Å²) in [6.45, 7) is 1.22. The average Bonchev–Trinajstić information content (AvgIpc) is 2.61. The topological polar surface area (TPSA) is 125 Å². The molecule has 130 valence electrons. The lowest BCUT2D eigenvalue weighted by molar-refractivity contribution is 0.0645. The second-order valence-electron chi connectivity index (χ2n) is 4.44. The molecule has 0 saturated heterocycles. The first-order valence-electron chi connectivity index (χ1n) is 7.37. The van der Waals surface area contributed by atoms with Crippen LogP contribution in [0.5, 0.6) is 11.5 Å². The molecule has 0 aromatic heterocycles. The summed E-state index contributed by atoms with van der Waals surface area (Å²) < 4.78 is 21.3. The van der Waals surface area contributed by atoms with Crippen molar-refractivity contribution in [2.24, 2.45) is 0 Å². The van der Waals surface area contributed by atoms with Crippen LogP contribution in [-0.2, 0) is 9.47 Å². The van der Waals surface area contributed by atoms with Gasteiger partial charge in [-0.05, 0) is 0 Å². The zero-order chi connectivity index (χ0) is 17.6. The molecule has 8 nitrogen and oxygen atoms in total. The normalized spacial score (nSPS) is 10.0. The number of nitrogens with zero attached hydrogens (tertiary/aromatic N) is 2. The molecule has 0 radical (unpaired) electrons. The molecule has 8 heteroatoms. The Morgan fingerprint density at radius 1 is 0.708 bits per heavy atom. The molecule has 0 bridgehead atoms. The summed E-state index contributed by atoms with van der Waals surface area (Å²) in [6.07, 6.45) is 0. The predicted octanol–water partition coefficient (Wildman–Crippen LogP) is 0.205. The SMILES string of the molecule is N#Cc1cc(OCCOCCO)c(OCCOCCO)cc1C#N. The molecule has 1 rings (SSSR count). The fourth-order valence-electron chi connectivity index (χ4n) is 1.72. The molecule has 1 aromatic rings. The number of rotatable bonds is 12. The summed E-state index contributed by atoms with van der Waals surface area (Å²) in [5.41, 5.74) is 0.375. The zero-order valence-electron chi connectivity index (χ0n) is 13.2. The number of aliphatic hydroxyl groups is 2. The molecule has 0 aliphatic carbocycles. The van der Waals surface area contributed by atoms with E-state index < -0.39 is 0 Å². The van der Waals surface area contributed by atoms with Crippen molar-refractivity contribution in [3.05, 3.63) is 23.3 Å². The molecule has 0 atom stereocenters. The zero-order valence-corrected chi connectivity index (χ0v) is 13.2. The molecule has 0 unspecified atom stereocenters. The molecule has 0 fully saturated rings. The van der Waals surface area contributed by atoms with Gasteiger partial charge in [0, 0.05) is 12.1 Å². The maximum atomic E-state index is 9.09. The van der Waals surface area contributed by atoms with Gasteiger partial charge in [-0.3, -0.25) is 0 Å². The average molecular weight is 336 g/mol. The Morgan fingerprint density at radius 2 is 1.12 bits per heavy atom. The van der Waals surface area contributed by atoms with E-state index >= 15 is 0 Å². The van der Waals surface area contributed by atoms with E-state index in [0.29, 0.717) is 11.5 Å². The highest BCUT2D eigenvalue weighted by atomic mass is 16.6. The minimum absolute atomic E-state index is 0.0718. The molecule has 1 aromatic carbocycles. The van der Waals surface area contributed by atoms with Crippen LogP contribution >= 0.6 is 0 Å². The van der Waals surface area contributed by atoms with Crippen LogP contribution in [0.2, 0.25) is 0 Å². The highest BCUT2D eigenvalue weighted by molar-refractivity contribution is 5.56. The maximum Gasteiger partial charge on any atom is 0.162 e. The lowest BCUT2D eigenvalue weighted by atomic mass is 10.1. The van der Waals surface area contributed by atoms with Gasteiger partial charge < -0.3 is 29.2 Å². The van der Waals surface area contributed by atoms with E-state index in [9.17, 15) is 0 Å². The van der Waals surface area contributed by atoms with E-state index in [1.807, 2.05) is 12.1 Å². The van der Waals surface area contributed by atoms with Gasteiger partial charge in [-0.25, -0.2) is 0 Å². The lowest BCUT2D eigenvalue weighted by Gasteiger charge is -2.14. The van der Waals surface area contributed by atoms with E-state index in [-0.39, 0.29) is 64.0 Å². The van der Waals surface area contributed by atoms with Crippen LogP contribution in [0.4, 0.5) is 0 Å². The standard InChI is InChI=1S/C16H20N2O6/c17-11-13-9-15(23-7-5-21-3-1-19)16(10-14(13)12-18)24-8-6-22-4-2-20/h9-10,19-20H,1-8H2. The number of benzene rings is 1. The Bertz CT molecular complexity index is 528. The van der Waals surface area contributed by atoms with Gasteiger partial charge in [0.25, 0.3) is 0 Å². The first-order valence-corrected chi connectivity index (χ1v) is 7.37. The monoisotopic (exact) mass is 336 g/mol. The van der Waals surface area contributed by atoms with E-state index in [1.54, 1.807) is 0 Å². The van der Waals surface area contributed by atoms with Crippen molar-refractivity contribution in [2.45, 2.75) is 0 Å². The summed E-state index contributed by atoms with van der Waals surface area (Å²) in [5, 5.41) is 35.4. The van der Waals surface area contributed by atoms with Crippen molar-refractivity contribution >= 4 is 0 Å². The fourth-order valence-corrected chi connectivity index (χ4v) is 1.72. The molecule has 0 amide bonds. The van der Waals surface area contributed by atoms with Crippen molar-refractivity contribution in [2.75, 3.05) is 52.9 Å². The number of hydrogen-bond donors (Lipinski definition) is 2. The highest BCUT2D eigenvalue weighted by Crippen LogP contribution is 2.30. The van der Waals surface area contributed by atoms with Gasteiger partial charge in [0.1, 0.15) is 25.4 Å². The number of nitriles is 2. The smallest absolute Gasteiger partial charge is 0.162 e. The van der Waals surface area contributed by atoms with Crippen molar-refractivity contribution < 1.29 is 29.2 Å². The molecule has 0 saturated carbocycles.